The van der Waals surface area contributed by atoms with Gasteiger partial charge in [0.1, 0.15) is 0 Å². The second-order valence-electron chi connectivity index (χ2n) is 4.56. The second-order valence-corrected chi connectivity index (χ2v) is 4.56. The van der Waals surface area contributed by atoms with E-state index in [-0.39, 0.29) is 0 Å². The van der Waals surface area contributed by atoms with Gasteiger partial charge in [0, 0.05) is 7.05 Å². The van der Waals surface area contributed by atoms with Gasteiger partial charge in [-0.25, -0.2) is 4.98 Å². The Hall–Kier alpha value is -2.42. The summed E-state index contributed by atoms with van der Waals surface area (Å²) >= 11 is 0. The predicted octanol–water partition coefficient (Wildman–Crippen LogP) is 3.63. The zero-order chi connectivity index (χ0) is 13.2. The van der Waals surface area contributed by atoms with Crippen LogP contribution in [0.4, 0.5) is 5.69 Å². The first-order valence-electron chi connectivity index (χ1n) is 6.27. The van der Waals surface area contributed by atoms with E-state index in [0.717, 1.165) is 28.1 Å². The summed E-state index contributed by atoms with van der Waals surface area (Å²) in [6.07, 6.45) is 1.82. The Morgan fingerprint density at radius 1 is 1.05 bits per heavy atom. The van der Waals surface area contributed by atoms with Gasteiger partial charge < -0.3 is 4.57 Å². The van der Waals surface area contributed by atoms with Crippen LogP contribution in [0.3, 0.4) is 0 Å². The molecule has 0 aliphatic heterocycles. The fourth-order valence-electron chi connectivity index (χ4n) is 2.12. The number of fused-ring (bicyclic) bond motifs is 1. The van der Waals surface area contributed by atoms with Crippen LogP contribution in [0.1, 0.15) is 11.4 Å². The molecule has 0 saturated heterocycles. The van der Waals surface area contributed by atoms with Crippen LogP contribution in [-0.2, 0) is 7.05 Å². The number of imidazole rings is 1. The van der Waals surface area contributed by atoms with Crippen LogP contribution < -0.4 is 0 Å². The van der Waals surface area contributed by atoms with Crippen molar-refractivity contribution < 1.29 is 0 Å². The molecule has 3 nitrogen and oxygen atoms in total. The summed E-state index contributed by atoms with van der Waals surface area (Å²) in [6.45, 7) is 2.06. The van der Waals surface area contributed by atoms with Crippen molar-refractivity contribution in [1.29, 1.82) is 0 Å². The third-order valence-corrected chi connectivity index (χ3v) is 3.26. The van der Waals surface area contributed by atoms with Crippen molar-refractivity contribution in [3.05, 3.63) is 59.9 Å². The number of rotatable bonds is 2. The molecule has 0 amide bonds. The first-order valence-corrected chi connectivity index (χ1v) is 6.27. The number of benzene rings is 2. The number of aromatic nitrogens is 2. The molecule has 0 aliphatic carbocycles. The number of aryl methyl sites for hydroxylation is 2. The van der Waals surface area contributed by atoms with Gasteiger partial charge in [-0.05, 0) is 30.7 Å². The molecule has 0 unspecified atom stereocenters. The minimum absolute atomic E-state index is 0.865. The van der Waals surface area contributed by atoms with Gasteiger partial charge in [0.05, 0.1) is 22.9 Å². The molecule has 0 aliphatic rings. The Balaban J connectivity index is 2.02. The molecule has 1 aromatic heterocycles. The maximum absolute atomic E-state index is 4.57. The smallest absolute Gasteiger partial charge is 0.152 e. The largest absolute Gasteiger partial charge is 0.326 e. The highest BCUT2D eigenvalue weighted by atomic mass is 15.1. The molecular weight excluding hydrogens is 234 g/mol. The van der Waals surface area contributed by atoms with Gasteiger partial charge in [-0.15, -0.1) is 0 Å². The topological polar surface area (TPSA) is 30.2 Å². The lowest BCUT2D eigenvalue weighted by atomic mass is 10.2. The molecule has 1 heterocycles. The lowest BCUT2D eigenvalue weighted by molar-refractivity contribution is 0.935. The molecule has 0 bridgehead atoms. The third kappa shape index (κ3) is 2.15. The summed E-state index contributed by atoms with van der Waals surface area (Å²) in [5, 5.41) is 0. The average Bonchev–Trinajstić information content (AvgIpc) is 2.75. The average molecular weight is 249 g/mol. The van der Waals surface area contributed by atoms with Crippen LogP contribution in [0.25, 0.3) is 11.0 Å². The first kappa shape index (κ1) is 11.7. The van der Waals surface area contributed by atoms with E-state index in [2.05, 4.69) is 33.6 Å². The lowest BCUT2D eigenvalue weighted by Crippen LogP contribution is -1.95. The van der Waals surface area contributed by atoms with Gasteiger partial charge in [0.2, 0.25) is 0 Å². The molecule has 0 fully saturated rings. The van der Waals surface area contributed by atoms with Gasteiger partial charge in [0.15, 0.2) is 5.82 Å². The van der Waals surface area contributed by atoms with Gasteiger partial charge in [-0.1, -0.05) is 30.3 Å². The Morgan fingerprint density at radius 2 is 1.79 bits per heavy atom. The Labute approximate surface area is 112 Å². The fourth-order valence-corrected chi connectivity index (χ4v) is 2.12. The van der Waals surface area contributed by atoms with Crippen molar-refractivity contribution in [2.24, 2.45) is 12.0 Å². The van der Waals surface area contributed by atoms with Crippen molar-refractivity contribution in [1.82, 2.24) is 9.55 Å². The second kappa shape index (κ2) is 4.69. The van der Waals surface area contributed by atoms with E-state index in [1.807, 2.05) is 49.7 Å². The quantitative estimate of drug-likeness (QED) is 0.638. The molecule has 0 N–H and O–H groups in total. The van der Waals surface area contributed by atoms with Crippen molar-refractivity contribution in [2.75, 3.05) is 0 Å². The van der Waals surface area contributed by atoms with Crippen molar-refractivity contribution in [3.8, 4) is 0 Å². The maximum atomic E-state index is 4.57. The Morgan fingerprint density at radius 3 is 2.58 bits per heavy atom. The van der Waals surface area contributed by atoms with Crippen LogP contribution >= 0.6 is 0 Å². The molecule has 94 valence electrons. The summed E-state index contributed by atoms with van der Waals surface area (Å²) in [5.41, 5.74) is 4.26. The normalized spacial score (nSPS) is 11.5. The maximum Gasteiger partial charge on any atom is 0.152 e. The Bertz CT molecular complexity index is 754. The summed E-state index contributed by atoms with van der Waals surface area (Å²) in [7, 11) is 2.01. The number of nitrogens with zero attached hydrogens (tertiary/aromatic N) is 3. The minimum atomic E-state index is 0.865. The van der Waals surface area contributed by atoms with E-state index in [0.29, 0.717) is 0 Å². The number of aliphatic imine (C=N–C) groups is 1. The predicted molar refractivity (Wildman–Crippen MR) is 79.1 cm³/mol. The summed E-state index contributed by atoms with van der Waals surface area (Å²) < 4.78 is 2.05. The first-order chi connectivity index (χ1) is 9.25. The summed E-state index contributed by atoms with van der Waals surface area (Å²) in [4.78, 5) is 9.09. The van der Waals surface area contributed by atoms with E-state index in [1.165, 1.54) is 0 Å². The molecule has 0 spiro atoms. The molecule has 19 heavy (non-hydrogen) atoms. The van der Waals surface area contributed by atoms with Crippen LogP contribution in [0, 0.1) is 6.92 Å². The van der Waals surface area contributed by atoms with E-state index >= 15 is 0 Å². The van der Waals surface area contributed by atoms with Crippen LogP contribution in [0.15, 0.2) is 53.5 Å². The fraction of sp³-hybridized carbons (Fsp3) is 0.125. The molecule has 3 aromatic rings. The molecule has 3 rings (SSSR count). The van der Waals surface area contributed by atoms with E-state index < -0.39 is 0 Å². The summed E-state index contributed by atoms with van der Waals surface area (Å²) in [6, 6.07) is 16.2. The van der Waals surface area contributed by atoms with Crippen LogP contribution in [0.2, 0.25) is 0 Å². The Kier molecular flexibility index (Phi) is 2.88. The molecule has 0 saturated carbocycles. The molecular formula is C16H15N3. The summed E-state index contributed by atoms with van der Waals surface area (Å²) in [5.74, 6) is 0.865. The van der Waals surface area contributed by atoms with Crippen molar-refractivity contribution in [2.45, 2.75) is 6.92 Å². The van der Waals surface area contributed by atoms with E-state index in [1.54, 1.807) is 0 Å². The SMILES string of the molecule is Cc1ccccc1/N=C/c1nc2ccccc2n1C. The van der Waals surface area contributed by atoms with Gasteiger partial charge in [-0.3, -0.25) is 4.99 Å². The monoisotopic (exact) mass is 249 g/mol. The lowest BCUT2D eigenvalue weighted by Gasteiger charge is -1.99. The third-order valence-electron chi connectivity index (χ3n) is 3.26. The van der Waals surface area contributed by atoms with Gasteiger partial charge >= 0.3 is 0 Å². The number of hydrogen-bond donors (Lipinski definition) is 0. The molecule has 3 heteroatoms. The van der Waals surface area contributed by atoms with Gasteiger partial charge in [-0.2, -0.15) is 0 Å². The van der Waals surface area contributed by atoms with Crippen LogP contribution in [0.5, 0.6) is 0 Å². The van der Waals surface area contributed by atoms with Gasteiger partial charge in [0.25, 0.3) is 0 Å². The molecule has 0 atom stereocenters. The number of hydrogen-bond acceptors (Lipinski definition) is 2. The van der Waals surface area contributed by atoms with Crippen molar-refractivity contribution in [3.63, 3.8) is 0 Å². The van der Waals surface area contributed by atoms with E-state index in [4.69, 9.17) is 0 Å². The zero-order valence-corrected chi connectivity index (χ0v) is 11.0. The highest BCUT2D eigenvalue weighted by Gasteiger charge is 2.04. The van der Waals surface area contributed by atoms with Crippen LogP contribution in [-0.4, -0.2) is 15.8 Å². The van der Waals surface area contributed by atoms with E-state index in [9.17, 15) is 0 Å². The molecule has 2 aromatic carbocycles. The highest BCUT2D eigenvalue weighted by molar-refractivity contribution is 5.86. The standard InChI is InChI=1S/C16H15N3/c1-12-7-3-4-8-13(12)17-11-16-18-14-9-5-6-10-15(14)19(16)2/h3-11H,1-2H3/b17-11+. The van der Waals surface area contributed by atoms with Crippen molar-refractivity contribution >= 4 is 22.9 Å². The molecule has 0 radical (unpaired) electrons. The zero-order valence-electron chi connectivity index (χ0n) is 11.0. The number of para-hydroxylation sites is 3. The highest BCUT2D eigenvalue weighted by Crippen LogP contribution is 2.18. The minimum Gasteiger partial charge on any atom is -0.326 e.